The fraction of sp³-hybridized carbons (Fsp3) is 0.857. The first-order chi connectivity index (χ1) is 13.8. The van der Waals surface area contributed by atoms with Crippen molar-refractivity contribution in [3.05, 3.63) is 11.6 Å². The lowest BCUT2D eigenvalue weighted by Crippen LogP contribution is -2.50. The van der Waals surface area contributed by atoms with E-state index in [1.165, 1.54) is 57.8 Å². The van der Waals surface area contributed by atoms with E-state index < -0.39 is 0 Å². The Morgan fingerprint density at radius 1 is 1.10 bits per heavy atom. The second-order valence-corrected chi connectivity index (χ2v) is 11.9. The van der Waals surface area contributed by atoms with Crippen molar-refractivity contribution < 1.29 is 5.11 Å². The normalized spacial score (nSPS) is 45.9. The van der Waals surface area contributed by atoms with Gasteiger partial charge in [0.25, 0.3) is 0 Å². The second-order valence-electron chi connectivity index (χ2n) is 11.9. The van der Waals surface area contributed by atoms with Crippen LogP contribution in [0.1, 0.15) is 98.3 Å². The number of hydrogen-bond donors (Lipinski definition) is 1. The van der Waals surface area contributed by atoms with Crippen molar-refractivity contribution in [1.29, 1.82) is 0 Å². The van der Waals surface area contributed by atoms with Gasteiger partial charge in [0.15, 0.2) is 0 Å². The lowest BCUT2D eigenvalue weighted by Gasteiger charge is -2.58. The minimum Gasteiger partial charge on any atom is -0.393 e. The lowest BCUT2D eigenvalue weighted by molar-refractivity contribution is -0.0572. The summed E-state index contributed by atoms with van der Waals surface area (Å²) in [5.74, 6) is 7.73. The van der Waals surface area contributed by atoms with Gasteiger partial charge in [-0.25, -0.2) is 0 Å². The van der Waals surface area contributed by atoms with Crippen molar-refractivity contribution in [2.24, 2.45) is 46.3 Å². The second kappa shape index (κ2) is 8.07. The molecule has 0 heterocycles. The molecule has 0 unspecified atom stereocenters. The van der Waals surface area contributed by atoms with Crippen molar-refractivity contribution in [3.63, 3.8) is 0 Å². The molecule has 0 bridgehead atoms. The summed E-state index contributed by atoms with van der Waals surface area (Å²) >= 11 is 0. The third-order valence-electron chi connectivity index (χ3n) is 10.4. The van der Waals surface area contributed by atoms with Crippen molar-refractivity contribution in [3.8, 4) is 12.3 Å². The Morgan fingerprint density at radius 2 is 1.90 bits per heavy atom. The van der Waals surface area contributed by atoms with Crippen LogP contribution in [0.3, 0.4) is 0 Å². The maximum atomic E-state index is 10.2. The summed E-state index contributed by atoms with van der Waals surface area (Å²) in [5.41, 5.74) is 2.53. The van der Waals surface area contributed by atoms with Crippen LogP contribution in [0.5, 0.6) is 0 Å². The zero-order chi connectivity index (χ0) is 20.8. The quantitative estimate of drug-likeness (QED) is 0.392. The van der Waals surface area contributed by atoms with Crippen LogP contribution < -0.4 is 0 Å². The minimum absolute atomic E-state index is 0.0892. The molecule has 1 heteroatoms. The molecule has 0 spiro atoms. The molecule has 4 aliphatic rings. The molecule has 1 N–H and O–H groups in total. The molecule has 0 aromatic heterocycles. The van der Waals surface area contributed by atoms with Crippen LogP contribution >= 0.6 is 0 Å². The van der Waals surface area contributed by atoms with Crippen LogP contribution in [-0.4, -0.2) is 11.2 Å². The van der Waals surface area contributed by atoms with E-state index in [-0.39, 0.29) is 6.10 Å². The molecule has 0 aromatic rings. The van der Waals surface area contributed by atoms with E-state index in [0.29, 0.717) is 16.7 Å². The predicted molar refractivity (Wildman–Crippen MR) is 122 cm³/mol. The molecule has 162 valence electrons. The molecule has 3 fully saturated rings. The first kappa shape index (κ1) is 21.5. The predicted octanol–water partition coefficient (Wildman–Crippen LogP) is 7.00. The minimum atomic E-state index is -0.0892. The molecule has 0 radical (unpaired) electrons. The SMILES string of the molecule is C#C[C@H](C)CCC[C@@H](C)[C@H]1CC[C@H]2[C@@H]3CC=C4C[C@@H](O)CC[C@]4(C)[C@H]3CC[C@]12C. The molecule has 0 amide bonds. The van der Waals surface area contributed by atoms with Crippen LogP contribution in [0, 0.1) is 58.7 Å². The van der Waals surface area contributed by atoms with Gasteiger partial charge in [-0.2, -0.15) is 0 Å². The number of hydrogen-bond acceptors (Lipinski definition) is 1. The van der Waals surface area contributed by atoms with Crippen LogP contribution in [0.4, 0.5) is 0 Å². The van der Waals surface area contributed by atoms with Gasteiger partial charge in [-0.3, -0.25) is 0 Å². The summed E-state index contributed by atoms with van der Waals surface area (Å²) in [7, 11) is 0. The summed E-state index contributed by atoms with van der Waals surface area (Å²) in [6.07, 6.45) is 22.1. The largest absolute Gasteiger partial charge is 0.393 e. The first-order valence-corrected chi connectivity index (χ1v) is 12.6. The highest BCUT2D eigenvalue weighted by Gasteiger charge is 2.59. The van der Waals surface area contributed by atoms with Gasteiger partial charge >= 0.3 is 0 Å². The molecule has 9 atom stereocenters. The summed E-state index contributed by atoms with van der Waals surface area (Å²) in [6.45, 7) is 9.94. The number of rotatable bonds is 5. The fourth-order valence-corrected chi connectivity index (χ4v) is 8.65. The molecule has 0 saturated heterocycles. The molecule has 3 saturated carbocycles. The summed E-state index contributed by atoms with van der Waals surface area (Å²) < 4.78 is 0. The van der Waals surface area contributed by atoms with Crippen LogP contribution in [-0.2, 0) is 0 Å². The average molecular weight is 397 g/mol. The first-order valence-electron chi connectivity index (χ1n) is 12.6. The maximum Gasteiger partial charge on any atom is 0.0577 e. The van der Waals surface area contributed by atoms with Crippen molar-refractivity contribution >= 4 is 0 Å². The highest BCUT2D eigenvalue weighted by atomic mass is 16.3. The van der Waals surface area contributed by atoms with Gasteiger partial charge in [-0.15, -0.1) is 12.3 Å². The van der Waals surface area contributed by atoms with Gasteiger partial charge in [-0.05, 0) is 98.2 Å². The number of aliphatic hydroxyl groups excluding tert-OH is 1. The molecular formula is C28H44O. The Kier molecular flexibility index (Phi) is 5.98. The van der Waals surface area contributed by atoms with Crippen LogP contribution in [0.25, 0.3) is 0 Å². The van der Waals surface area contributed by atoms with Crippen LogP contribution in [0.2, 0.25) is 0 Å². The van der Waals surface area contributed by atoms with Crippen molar-refractivity contribution in [2.45, 2.75) is 104 Å². The topological polar surface area (TPSA) is 20.2 Å². The van der Waals surface area contributed by atoms with E-state index in [0.717, 1.165) is 42.4 Å². The zero-order valence-electron chi connectivity index (χ0n) is 19.4. The molecule has 29 heavy (non-hydrogen) atoms. The molecular weight excluding hydrogens is 352 g/mol. The summed E-state index contributed by atoms with van der Waals surface area (Å²) in [5, 5.41) is 10.2. The molecule has 4 aliphatic carbocycles. The smallest absolute Gasteiger partial charge is 0.0577 e. The van der Waals surface area contributed by atoms with Gasteiger partial charge in [0.2, 0.25) is 0 Å². The third kappa shape index (κ3) is 3.63. The standard InChI is InChI=1S/C28H44O/c1-6-19(2)8-7-9-20(3)24-12-13-25-23-11-10-21-18-22(29)14-16-27(21,4)26(23)15-17-28(24,25)5/h1,10,19-20,22-26,29H,7-9,11-18H2,2-5H3/t19-,20+,22-,23-,24+,25-,26-,27-,28+/m0/s1. The van der Waals surface area contributed by atoms with Crippen molar-refractivity contribution in [2.75, 3.05) is 0 Å². The van der Waals surface area contributed by atoms with Gasteiger partial charge in [-0.1, -0.05) is 52.2 Å². The molecule has 1 nitrogen and oxygen atoms in total. The third-order valence-corrected chi connectivity index (χ3v) is 10.4. The van der Waals surface area contributed by atoms with E-state index in [2.05, 4.69) is 39.7 Å². The Hall–Kier alpha value is -0.740. The van der Waals surface area contributed by atoms with E-state index in [9.17, 15) is 5.11 Å². The Bertz CT molecular complexity index is 670. The van der Waals surface area contributed by atoms with E-state index >= 15 is 0 Å². The van der Waals surface area contributed by atoms with Crippen molar-refractivity contribution in [1.82, 2.24) is 0 Å². The number of aliphatic hydroxyl groups is 1. The van der Waals surface area contributed by atoms with Gasteiger partial charge < -0.3 is 5.11 Å². The zero-order valence-corrected chi connectivity index (χ0v) is 19.4. The van der Waals surface area contributed by atoms with E-state index in [1.807, 2.05) is 0 Å². The molecule has 4 rings (SSSR count). The van der Waals surface area contributed by atoms with Gasteiger partial charge in [0.05, 0.1) is 6.10 Å². The Labute approximate surface area is 180 Å². The van der Waals surface area contributed by atoms with E-state index in [4.69, 9.17) is 6.42 Å². The monoisotopic (exact) mass is 396 g/mol. The summed E-state index contributed by atoms with van der Waals surface area (Å²) in [4.78, 5) is 0. The van der Waals surface area contributed by atoms with Crippen LogP contribution in [0.15, 0.2) is 11.6 Å². The summed E-state index contributed by atoms with van der Waals surface area (Å²) in [6, 6.07) is 0. The molecule has 0 aromatic carbocycles. The Morgan fingerprint density at radius 3 is 2.66 bits per heavy atom. The lowest BCUT2D eigenvalue weighted by atomic mass is 9.47. The average Bonchev–Trinajstić information content (AvgIpc) is 3.05. The number of allylic oxidation sites excluding steroid dienone is 1. The highest BCUT2D eigenvalue weighted by molar-refractivity contribution is 5.25. The maximum absolute atomic E-state index is 10.2. The number of fused-ring (bicyclic) bond motifs is 5. The van der Waals surface area contributed by atoms with E-state index in [1.54, 1.807) is 5.57 Å². The molecule has 0 aliphatic heterocycles. The van der Waals surface area contributed by atoms with Gasteiger partial charge in [0, 0.05) is 5.92 Å². The Balaban J connectivity index is 1.47. The van der Waals surface area contributed by atoms with Gasteiger partial charge in [0.1, 0.15) is 0 Å². The highest BCUT2D eigenvalue weighted by Crippen LogP contribution is 2.67. The number of terminal acetylenes is 1. The fourth-order valence-electron chi connectivity index (χ4n) is 8.65.